The molecule has 0 bridgehead atoms. The Morgan fingerprint density at radius 3 is 2.82 bits per heavy atom. The Labute approximate surface area is 129 Å². The molecule has 3 atom stereocenters. The molecule has 3 rings (SSSR count). The number of likely N-dealkylation sites (tertiary alicyclic amines) is 1. The predicted octanol–water partition coefficient (Wildman–Crippen LogP) is 2.12. The van der Waals surface area contributed by atoms with Crippen molar-refractivity contribution in [2.75, 3.05) is 20.2 Å². The summed E-state index contributed by atoms with van der Waals surface area (Å²) in [5.74, 6) is -0.111. The standard InChI is InChI=1S/C17H21NO4/c1-22-15-7-3-2-6-12(15)13-9-14(13)16(19)18-8-4-5-11(10-18)17(20)21/h2-3,6-7,11,13-14H,4-5,8-10H2,1H3,(H,20,21)/t11-,13+,14-/m1/s1. The van der Waals surface area contributed by atoms with Gasteiger partial charge >= 0.3 is 5.97 Å². The number of benzene rings is 1. The molecule has 1 aromatic carbocycles. The zero-order valence-electron chi connectivity index (χ0n) is 12.7. The lowest BCUT2D eigenvalue weighted by Gasteiger charge is -2.31. The van der Waals surface area contributed by atoms with E-state index in [4.69, 9.17) is 9.84 Å². The van der Waals surface area contributed by atoms with Crippen LogP contribution in [0.3, 0.4) is 0 Å². The Kier molecular flexibility index (Phi) is 4.05. The molecule has 5 nitrogen and oxygen atoms in total. The summed E-state index contributed by atoms with van der Waals surface area (Å²) in [6.07, 6.45) is 2.27. The minimum atomic E-state index is -0.797. The van der Waals surface area contributed by atoms with Crippen molar-refractivity contribution in [3.8, 4) is 5.75 Å². The summed E-state index contributed by atoms with van der Waals surface area (Å²) in [7, 11) is 1.64. The van der Waals surface area contributed by atoms with E-state index in [9.17, 15) is 9.59 Å². The van der Waals surface area contributed by atoms with Crippen molar-refractivity contribution in [2.24, 2.45) is 11.8 Å². The Morgan fingerprint density at radius 2 is 2.09 bits per heavy atom. The molecule has 5 heteroatoms. The van der Waals surface area contributed by atoms with Crippen molar-refractivity contribution >= 4 is 11.9 Å². The smallest absolute Gasteiger partial charge is 0.308 e. The first-order valence-electron chi connectivity index (χ1n) is 7.76. The molecule has 22 heavy (non-hydrogen) atoms. The maximum absolute atomic E-state index is 12.6. The molecule has 0 spiro atoms. The van der Waals surface area contributed by atoms with Gasteiger partial charge in [-0.1, -0.05) is 18.2 Å². The first-order valence-corrected chi connectivity index (χ1v) is 7.76. The maximum atomic E-state index is 12.6. The number of para-hydroxylation sites is 1. The third-order valence-corrected chi connectivity index (χ3v) is 4.73. The van der Waals surface area contributed by atoms with Crippen LogP contribution >= 0.6 is 0 Å². The summed E-state index contributed by atoms with van der Waals surface area (Å²) in [6, 6.07) is 7.80. The molecule has 0 aromatic heterocycles. The SMILES string of the molecule is COc1ccccc1[C@@H]1C[C@H]1C(=O)N1CCC[C@@H](C(=O)O)C1. The fourth-order valence-electron chi connectivity index (χ4n) is 3.40. The van der Waals surface area contributed by atoms with Crippen LogP contribution in [0.25, 0.3) is 0 Å². The molecule has 0 unspecified atom stereocenters. The number of carboxylic acids is 1. The lowest BCUT2D eigenvalue weighted by atomic mass is 9.97. The molecular formula is C17H21NO4. The monoisotopic (exact) mass is 303 g/mol. The van der Waals surface area contributed by atoms with Crippen LogP contribution in [0.5, 0.6) is 5.75 Å². The summed E-state index contributed by atoms with van der Waals surface area (Å²) in [4.78, 5) is 25.5. The molecule has 2 fully saturated rings. The van der Waals surface area contributed by atoms with E-state index >= 15 is 0 Å². The largest absolute Gasteiger partial charge is 0.496 e. The van der Waals surface area contributed by atoms with Crippen molar-refractivity contribution in [3.63, 3.8) is 0 Å². The van der Waals surface area contributed by atoms with Crippen LogP contribution in [0.4, 0.5) is 0 Å². The first-order chi connectivity index (χ1) is 10.6. The number of carbonyl (C=O) groups excluding carboxylic acids is 1. The summed E-state index contributed by atoms with van der Waals surface area (Å²) >= 11 is 0. The van der Waals surface area contributed by atoms with Crippen LogP contribution in [0, 0.1) is 11.8 Å². The Hall–Kier alpha value is -2.04. The average Bonchev–Trinajstić information content (AvgIpc) is 3.34. The molecule has 1 saturated heterocycles. The van der Waals surface area contributed by atoms with Crippen molar-refractivity contribution < 1.29 is 19.4 Å². The van der Waals surface area contributed by atoms with E-state index in [-0.39, 0.29) is 17.7 Å². The van der Waals surface area contributed by atoms with Gasteiger partial charge in [-0.25, -0.2) is 0 Å². The topological polar surface area (TPSA) is 66.8 Å². The molecule has 1 aliphatic heterocycles. The van der Waals surface area contributed by atoms with E-state index in [0.717, 1.165) is 24.2 Å². The molecule has 1 heterocycles. The van der Waals surface area contributed by atoms with Gasteiger partial charge in [-0.15, -0.1) is 0 Å². The minimum absolute atomic E-state index is 0.0242. The fourth-order valence-corrected chi connectivity index (χ4v) is 3.40. The number of rotatable bonds is 4. The molecule has 1 aliphatic carbocycles. The zero-order valence-corrected chi connectivity index (χ0v) is 12.7. The highest BCUT2D eigenvalue weighted by Crippen LogP contribution is 2.51. The average molecular weight is 303 g/mol. The molecule has 1 amide bonds. The second-order valence-corrected chi connectivity index (χ2v) is 6.15. The minimum Gasteiger partial charge on any atom is -0.496 e. The molecule has 118 valence electrons. The number of ether oxygens (including phenoxy) is 1. The van der Waals surface area contributed by atoms with Crippen LogP contribution < -0.4 is 4.74 Å². The van der Waals surface area contributed by atoms with Gasteiger partial charge in [0, 0.05) is 19.0 Å². The highest BCUT2D eigenvalue weighted by atomic mass is 16.5. The van der Waals surface area contributed by atoms with E-state index in [2.05, 4.69) is 0 Å². The van der Waals surface area contributed by atoms with Gasteiger partial charge in [0.25, 0.3) is 0 Å². The summed E-state index contributed by atoms with van der Waals surface area (Å²) in [5.41, 5.74) is 1.08. The second-order valence-electron chi connectivity index (χ2n) is 6.15. The van der Waals surface area contributed by atoms with E-state index in [1.54, 1.807) is 12.0 Å². The van der Waals surface area contributed by atoms with Gasteiger partial charge in [-0.05, 0) is 36.8 Å². The van der Waals surface area contributed by atoms with E-state index in [0.29, 0.717) is 19.5 Å². The lowest BCUT2D eigenvalue weighted by molar-refractivity contribution is -0.146. The number of hydrogen-bond acceptors (Lipinski definition) is 3. The number of methoxy groups -OCH3 is 1. The summed E-state index contributed by atoms with van der Waals surface area (Å²) in [5, 5.41) is 9.14. The number of nitrogens with zero attached hydrogens (tertiary/aromatic N) is 1. The summed E-state index contributed by atoms with van der Waals surface area (Å²) < 4.78 is 5.37. The molecule has 0 radical (unpaired) electrons. The third kappa shape index (κ3) is 2.80. The van der Waals surface area contributed by atoms with Crippen molar-refractivity contribution in [2.45, 2.75) is 25.2 Å². The molecule has 1 aromatic rings. The Morgan fingerprint density at radius 1 is 1.32 bits per heavy atom. The molecule has 1 N–H and O–H groups in total. The Bertz CT molecular complexity index is 586. The van der Waals surface area contributed by atoms with E-state index in [1.807, 2.05) is 24.3 Å². The van der Waals surface area contributed by atoms with Crippen LogP contribution in [0.1, 0.15) is 30.7 Å². The quantitative estimate of drug-likeness (QED) is 0.925. The van der Waals surface area contributed by atoms with Gasteiger partial charge in [0.1, 0.15) is 5.75 Å². The highest BCUT2D eigenvalue weighted by Gasteiger charge is 2.47. The molecular weight excluding hydrogens is 282 g/mol. The van der Waals surface area contributed by atoms with Crippen LogP contribution in [-0.2, 0) is 9.59 Å². The van der Waals surface area contributed by atoms with Gasteiger partial charge in [0.15, 0.2) is 0 Å². The van der Waals surface area contributed by atoms with Crippen LogP contribution in [0.2, 0.25) is 0 Å². The number of amides is 1. The second kappa shape index (κ2) is 5.99. The highest BCUT2D eigenvalue weighted by molar-refractivity contribution is 5.84. The Balaban J connectivity index is 1.66. The number of piperidine rings is 1. The normalized spacial score (nSPS) is 27.3. The number of aliphatic carboxylic acids is 1. The number of carbonyl (C=O) groups is 2. The van der Waals surface area contributed by atoms with Gasteiger partial charge in [-0.2, -0.15) is 0 Å². The number of carboxylic acid groups (broad SMARTS) is 1. The van der Waals surface area contributed by atoms with Crippen molar-refractivity contribution in [1.29, 1.82) is 0 Å². The number of hydrogen-bond donors (Lipinski definition) is 1. The van der Waals surface area contributed by atoms with Crippen LogP contribution in [0.15, 0.2) is 24.3 Å². The predicted molar refractivity (Wildman–Crippen MR) is 80.8 cm³/mol. The summed E-state index contributed by atoms with van der Waals surface area (Å²) in [6.45, 7) is 1.03. The first kappa shape index (κ1) is 14.9. The fraction of sp³-hybridized carbons (Fsp3) is 0.529. The molecule has 1 saturated carbocycles. The van der Waals surface area contributed by atoms with E-state index in [1.165, 1.54) is 0 Å². The van der Waals surface area contributed by atoms with Gasteiger partial charge in [0.05, 0.1) is 13.0 Å². The lowest BCUT2D eigenvalue weighted by Crippen LogP contribution is -2.43. The van der Waals surface area contributed by atoms with Crippen molar-refractivity contribution in [1.82, 2.24) is 4.90 Å². The van der Waals surface area contributed by atoms with Crippen molar-refractivity contribution in [3.05, 3.63) is 29.8 Å². The van der Waals surface area contributed by atoms with Gasteiger partial charge in [0.2, 0.25) is 5.91 Å². The van der Waals surface area contributed by atoms with Gasteiger partial charge in [-0.3, -0.25) is 9.59 Å². The third-order valence-electron chi connectivity index (χ3n) is 4.73. The van der Waals surface area contributed by atoms with E-state index < -0.39 is 11.9 Å². The van der Waals surface area contributed by atoms with Crippen LogP contribution in [-0.4, -0.2) is 42.1 Å². The van der Waals surface area contributed by atoms with Gasteiger partial charge < -0.3 is 14.7 Å². The maximum Gasteiger partial charge on any atom is 0.308 e. The zero-order chi connectivity index (χ0) is 15.7. The molecule has 2 aliphatic rings.